The summed E-state index contributed by atoms with van der Waals surface area (Å²) < 4.78 is 3.90. The number of carbonyl (C=O) groups excluding carboxylic acids is 2. The molecule has 5 rings (SSSR count). The number of piperidine rings is 1. The van der Waals surface area contributed by atoms with Crippen LogP contribution in [0.25, 0.3) is 10.9 Å². The first kappa shape index (κ1) is 21.7. The van der Waals surface area contributed by atoms with Gasteiger partial charge in [-0.1, -0.05) is 19.9 Å². The molecule has 1 N–H and O–H groups in total. The van der Waals surface area contributed by atoms with Gasteiger partial charge in [0.15, 0.2) is 0 Å². The van der Waals surface area contributed by atoms with Crippen LogP contribution in [0.3, 0.4) is 0 Å². The Bertz CT molecular complexity index is 1170. The van der Waals surface area contributed by atoms with Crippen LogP contribution in [0.4, 0.5) is 0 Å². The summed E-state index contributed by atoms with van der Waals surface area (Å²) in [6.07, 6.45) is 7.89. The molecule has 0 atom stereocenters. The molecular formula is C26H33N5O2. The van der Waals surface area contributed by atoms with Crippen LogP contribution in [-0.2, 0) is 13.6 Å². The number of amides is 2. The summed E-state index contributed by atoms with van der Waals surface area (Å²) in [6.45, 7) is 6.64. The van der Waals surface area contributed by atoms with Crippen molar-refractivity contribution >= 4 is 22.7 Å². The van der Waals surface area contributed by atoms with Gasteiger partial charge in [-0.3, -0.25) is 14.3 Å². The van der Waals surface area contributed by atoms with Crippen LogP contribution in [0.1, 0.15) is 60.4 Å². The molecule has 2 aromatic heterocycles. The van der Waals surface area contributed by atoms with E-state index in [0.29, 0.717) is 17.2 Å². The molecule has 174 valence electrons. The first-order chi connectivity index (χ1) is 15.8. The Balaban J connectivity index is 1.12. The number of rotatable bonds is 5. The molecule has 1 aliphatic heterocycles. The van der Waals surface area contributed by atoms with Crippen molar-refractivity contribution < 1.29 is 9.59 Å². The molecule has 0 unspecified atom stereocenters. The van der Waals surface area contributed by atoms with E-state index < -0.39 is 0 Å². The Morgan fingerprint density at radius 3 is 2.61 bits per heavy atom. The Labute approximate surface area is 194 Å². The standard InChI is InChI=1S/C26H33N5O2/c1-18(2)17-31-11-7-22(28-31)25(33)30-12-8-26(9-13-30)15-21(16-26)27-24(32)20-5-4-19-6-10-29(3)23(19)14-20/h4-7,10-11,14,18,21H,8-9,12-13,15-17H2,1-3H3,(H,27,32). The van der Waals surface area contributed by atoms with E-state index in [4.69, 9.17) is 0 Å². The number of hydrogen-bond donors (Lipinski definition) is 1. The predicted octanol–water partition coefficient (Wildman–Crippen LogP) is 3.85. The van der Waals surface area contributed by atoms with Gasteiger partial charge < -0.3 is 14.8 Å². The maximum Gasteiger partial charge on any atom is 0.274 e. The van der Waals surface area contributed by atoms with Gasteiger partial charge in [-0.05, 0) is 66.7 Å². The van der Waals surface area contributed by atoms with Gasteiger partial charge in [-0.2, -0.15) is 5.10 Å². The zero-order valence-electron chi connectivity index (χ0n) is 19.8. The number of benzene rings is 1. The van der Waals surface area contributed by atoms with Gasteiger partial charge in [0.1, 0.15) is 5.69 Å². The second-order valence-corrected chi connectivity index (χ2v) is 10.4. The van der Waals surface area contributed by atoms with Crippen molar-refractivity contribution in [3.05, 3.63) is 54.0 Å². The third kappa shape index (κ3) is 4.28. The predicted molar refractivity (Wildman–Crippen MR) is 128 cm³/mol. The second-order valence-electron chi connectivity index (χ2n) is 10.4. The van der Waals surface area contributed by atoms with E-state index in [-0.39, 0.29) is 23.3 Å². The van der Waals surface area contributed by atoms with E-state index >= 15 is 0 Å². The number of nitrogens with one attached hydrogen (secondary N) is 1. The van der Waals surface area contributed by atoms with Crippen molar-refractivity contribution in [3.63, 3.8) is 0 Å². The molecular weight excluding hydrogens is 414 g/mol. The zero-order valence-corrected chi connectivity index (χ0v) is 19.8. The number of likely N-dealkylation sites (tertiary alicyclic amines) is 1. The first-order valence-corrected chi connectivity index (χ1v) is 12.0. The zero-order chi connectivity index (χ0) is 23.2. The molecule has 2 fully saturated rings. The molecule has 7 nitrogen and oxygen atoms in total. The fraction of sp³-hybridized carbons (Fsp3) is 0.500. The summed E-state index contributed by atoms with van der Waals surface area (Å²) in [5.74, 6) is 0.533. The number of carbonyl (C=O) groups is 2. The van der Waals surface area contributed by atoms with E-state index in [1.54, 1.807) is 0 Å². The van der Waals surface area contributed by atoms with E-state index in [1.807, 2.05) is 57.9 Å². The van der Waals surface area contributed by atoms with E-state index in [0.717, 1.165) is 56.2 Å². The molecule has 2 amide bonds. The van der Waals surface area contributed by atoms with Crippen LogP contribution in [0.5, 0.6) is 0 Å². The second kappa shape index (κ2) is 8.36. The number of fused-ring (bicyclic) bond motifs is 1. The van der Waals surface area contributed by atoms with Crippen molar-refractivity contribution in [3.8, 4) is 0 Å². The highest BCUT2D eigenvalue weighted by molar-refractivity contribution is 5.98. The van der Waals surface area contributed by atoms with Gasteiger partial charge in [0.05, 0.1) is 0 Å². The van der Waals surface area contributed by atoms with Crippen LogP contribution >= 0.6 is 0 Å². The Hall–Kier alpha value is -3.09. The number of hydrogen-bond acceptors (Lipinski definition) is 3. The average Bonchev–Trinajstić information content (AvgIpc) is 3.38. The van der Waals surface area contributed by atoms with E-state index in [9.17, 15) is 9.59 Å². The fourth-order valence-electron chi connectivity index (χ4n) is 5.47. The van der Waals surface area contributed by atoms with Crippen molar-refractivity contribution in [2.45, 2.75) is 52.1 Å². The molecule has 7 heteroatoms. The van der Waals surface area contributed by atoms with Gasteiger partial charge in [-0.25, -0.2) is 0 Å². The molecule has 1 saturated heterocycles. The molecule has 1 aromatic carbocycles. The molecule has 33 heavy (non-hydrogen) atoms. The Morgan fingerprint density at radius 1 is 1.12 bits per heavy atom. The highest BCUT2D eigenvalue weighted by Gasteiger charge is 2.47. The van der Waals surface area contributed by atoms with E-state index in [1.165, 1.54) is 0 Å². The number of nitrogens with zero attached hydrogens (tertiary/aromatic N) is 4. The summed E-state index contributed by atoms with van der Waals surface area (Å²) in [6, 6.07) is 9.98. The SMILES string of the molecule is CC(C)Cn1ccc(C(=O)N2CCC3(CC2)CC(NC(=O)c2ccc4ccn(C)c4c2)C3)n1. The lowest BCUT2D eigenvalue weighted by Gasteiger charge is -2.52. The van der Waals surface area contributed by atoms with Crippen LogP contribution < -0.4 is 5.32 Å². The fourth-order valence-corrected chi connectivity index (χ4v) is 5.47. The maximum absolute atomic E-state index is 12.9. The highest BCUT2D eigenvalue weighted by atomic mass is 16.2. The summed E-state index contributed by atoms with van der Waals surface area (Å²) in [5.41, 5.74) is 2.58. The minimum absolute atomic E-state index is 0.00236. The number of aromatic nitrogens is 3. The smallest absolute Gasteiger partial charge is 0.274 e. The van der Waals surface area contributed by atoms with Crippen LogP contribution in [0.2, 0.25) is 0 Å². The topological polar surface area (TPSA) is 72.2 Å². The Kier molecular flexibility index (Phi) is 5.51. The molecule has 3 aromatic rings. The van der Waals surface area contributed by atoms with E-state index in [2.05, 4.69) is 30.3 Å². The lowest BCUT2D eigenvalue weighted by Crippen LogP contribution is -2.55. The van der Waals surface area contributed by atoms with Crippen molar-refractivity contribution in [2.24, 2.45) is 18.4 Å². The van der Waals surface area contributed by atoms with Gasteiger partial charge in [0.2, 0.25) is 0 Å². The van der Waals surface area contributed by atoms with Gasteiger partial charge in [0.25, 0.3) is 11.8 Å². The summed E-state index contributed by atoms with van der Waals surface area (Å²) in [4.78, 5) is 27.6. The summed E-state index contributed by atoms with van der Waals surface area (Å²) in [7, 11) is 1.99. The van der Waals surface area contributed by atoms with Gasteiger partial charge >= 0.3 is 0 Å². The lowest BCUT2D eigenvalue weighted by atomic mass is 9.60. The number of aryl methyl sites for hydroxylation is 1. The van der Waals surface area contributed by atoms with Crippen LogP contribution in [0.15, 0.2) is 42.7 Å². The maximum atomic E-state index is 12.9. The molecule has 0 radical (unpaired) electrons. The Morgan fingerprint density at radius 2 is 1.88 bits per heavy atom. The van der Waals surface area contributed by atoms with Crippen LogP contribution in [0, 0.1) is 11.3 Å². The van der Waals surface area contributed by atoms with Crippen molar-refractivity contribution in [1.29, 1.82) is 0 Å². The molecule has 0 bridgehead atoms. The lowest BCUT2D eigenvalue weighted by molar-refractivity contribution is 0.00839. The average molecular weight is 448 g/mol. The molecule has 1 spiro atoms. The van der Waals surface area contributed by atoms with Crippen LogP contribution in [-0.4, -0.2) is 50.2 Å². The summed E-state index contributed by atoms with van der Waals surface area (Å²) >= 11 is 0. The first-order valence-electron chi connectivity index (χ1n) is 12.0. The molecule has 2 aliphatic rings. The third-order valence-corrected chi connectivity index (χ3v) is 7.37. The molecule has 3 heterocycles. The summed E-state index contributed by atoms with van der Waals surface area (Å²) in [5, 5.41) is 8.83. The third-order valence-electron chi connectivity index (χ3n) is 7.37. The monoisotopic (exact) mass is 447 g/mol. The largest absolute Gasteiger partial charge is 0.351 e. The minimum Gasteiger partial charge on any atom is -0.351 e. The highest BCUT2D eigenvalue weighted by Crippen LogP contribution is 2.49. The quantitative estimate of drug-likeness (QED) is 0.646. The van der Waals surface area contributed by atoms with Crippen molar-refractivity contribution in [2.75, 3.05) is 13.1 Å². The normalized spacial score (nSPS) is 18.1. The molecule has 1 saturated carbocycles. The molecule has 1 aliphatic carbocycles. The van der Waals surface area contributed by atoms with Crippen molar-refractivity contribution in [1.82, 2.24) is 24.6 Å². The minimum atomic E-state index is 0.00236. The van der Waals surface area contributed by atoms with Gasteiger partial charge in [-0.15, -0.1) is 0 Å². The van der Waals surface area contributed by atoms with Gasteiger partial charge in [0, 0.05) is 56.2 Å².